The summed E-state index contributed by atoms with van der Waals surface area (Å²) in [4.78, 5) is 24.4. The average Bonchev–Trinajstić information content (AvgIpc) is 3.07. The Morgan fingerprint density at radius 2 is 1.64 bits per heavy atom. The predicted molar refractivity (Wildman–Crippen MR) is 83.5 cm³/mol. The van der Waals surface area contributed by atoms with Gasteiger partial charge in [-0.05, 0) is 30.5 Å². The summed E-state index contributed by atoms with van der Waals surface area (Å²) in [6, 6.07) is 6.61. The van der Waals surface area contributed by atoms with Gasteiger partial charge in [0.1, 0.15) is 11.5 Å². The molecule has 2 amide bonds. The smallest absolute Gasteiger partial charge is 0.279 e. The number of rotatable bonds is 4. The van der Waals surface area contributed by atoms with Gasteiger partial charge in [0.25, 0.3) is 11.8 Å². The number of ether oxygens (including phenoxy) is 2. The maximum Gasteiger partial charge on any atom is 0.279 e. The molecule has 0 fully saturated rings. The molecular weight excluding hydrogens is 304 g/mol. The van der Waals surface area contributed by atoms with E-state index in [1.165, 1.54) is 25.6 Å². The molecule has 0 atom stereocenters. The third kappa shape index (κ3) is 3.37. The van der Waals surface area contributed by atoms with Gasteiger partial charge in [-0.2, -0.15) is 0 Å². The van der Waals surface area contributed by atoms with Gasteiger partial charge >= 0.3 is 0 Å². The molecule has 0 bridgehead atoms. The maximum absolute atomic E-state index is 12.1. The summed E-state index contributed by atoms with van der Waals surface area (Å²) in [6.45, 7) is 1.83. The quantitative estimate of drug-likeness (QED) is 0.846. The van der Waals surface area contributed by atoms with Crippen LogP contribution in [0.5, 0.6) is 11.5 Å². The van der Waals surface area contributed by atoms with E-state index in [9.17, 15) is 9.59 Å². The van der Waals surface area contributed by atoms with Crippen molar-refractivity contribution >= 4 is 23.2 Å². The van der Waals surface area contributed by atoms with Crippen molar-refractivity contribution in [1.82, 2.24) is 10.9 Å². The molecule has 0 spiro atoms. The van der Waals surface area contributed by atoms with E-state index in [0.717, 1.165) is 5.56 Å². The molecule has 0 aliphatic heterocycles. The minimum atomic E-state index is -0.457. The van der Waals surface area contributed by atoms with E-state index in [2.05, 4.69) is 10.9 Å². The Hall–Kier alpha value is -2.54. The summed E-state index contributed by atoms with van der Waals surface area (Å²) in [5.41, 5.74) is 5.85. The molecule has 1 aromatic carbocycles. The van der Waals surface area contributed by atoms with Crippen LogP contribution in [0.1, 0.15) is 25.6 Å². The number of nitrogens with one attached hydrogen (secondary N) is 2. The maximum atomic E-state index is 12.1. The van der Waals surface area contributed by atoms with Gasteiger partial charge in [-0.1, -0.05) is 6.07 Å². The normalized spacial score (nSPS) is 9.95. The first kappa shape index (κ1) is 15.8. The van der Waals surface area contributed by atoms with Crippen LogP contribution in [0.25, 0.3) is 0 Å². The van der Waals surface area contributed by atoms with Crippen molar-refractivity contribution in [3.05, 3.63) is 45.6 Å². The van der Waals surface area contributed by atoms with Crippen LogP contribution in [0, 0.1) is 6.92 Å². The Labute approximate surface area is 132 Å². The van der Waals surface area contributed by atoms with E-state index in [4.69, 9.17) is 9.47 Å². The minimum Gasteiger partial charge on any atom is -0.496 e. The summed E-state index contributed by atoms with van der Waals surface area (Å²) in [7, 11) is 3.03. The largest absolute Gasteiger partial charge is 0.496 e. The fourth-order valence-electron chi connectivity index (χ4n) is 1.87. The molecule has 0 aliphatic carbocycles. The van der Waals surface area contributed by atoms with E-state index in [1.54, 1.807) is 29.6 Å². The zero-order valence-corrected chi connectivity index (χ0v) is 13.2. The molecule has 1 aromatic heterocycles. The number of amides is 2. The third-order valence-electron chi connectivity index (χ3n) is 3.05. The summed E-state index contributed by atoms with van der Waals surface area (Å²) in [6.07, 6.45) is 0. The molecule has 0 unspecified atom stereocenters. The lowest BCUT2D eigenvalue weighted by Gasteiger charge is -2.13. The molecule has 6 nitrogen and oxygen atoms in total. The van der Waals surface area contributed by atoms with Crippen molar-refractivity contribution in [2.45, 2.75) is 6.92 Å². The van der Waals surface area contributed by atoms with E-state index in [1.807, 2.05) is 6.92 Å². The molecule has 2 rings (SSSR count). The van der Waals surface area contributed by atoms with Crippen LogP contribution >= 0.6 is 11.3 Å². The second kappa shape index (κ2) is 6.95. The van der Waals surface area contributed by atoms with Crippen molar-refractivity contribution in [3.8, 4) is 11.5 Å². The lowest BCUT2D eigenvalue weighted by atomic mass is 10.1. The lowest BCUT2D eigenvalue weighted by Crippen LogP contribution is -2.41. The van der Waals surface area contributed by atoms with Crippen LogP contribution in [0.4, 0.5) is 0 Å². The fraction of sp³-hybridized carbons (Fsp3) is 0.200. The predicted octanol–water partition coefficient (Wildman–Crippen LogP) is 2.15. The zero-order chi connectivity index (χ0) is 16.1. The molecular formula is C15H16N2O4S. The Bertz CT molecular complexity index is 658. The van der Waals surface area contributed by atoms with Crippen molar-refractivity contribution in [2.75, 3.05) is 14.2 Å². The van der Waals surface area contributed by atoms with E-state index in [0.29, 0.717) is 21.9 Å². The van der Waals surface area contributed by atoms with Gasteiger partial charge < -0.3 is 9.47 Å². The van der Waals surface area contributed by atoms with Gasteiger partial charge in [0.05, 0.1) is 19.1 Å². The van der Waals surface area contributed by atoms with Gasteiger partial charge in [-0.25, -0.2) is 0 Å². The van der Waals surface area contributed by atoms with Crippen LogP contribution in [0.3, 0.4) is 0 Å². The molecule has 7 heteroatoms. The summed E-state index contributed by atoms with van der Waals surface area (Å²) in [5.74, 6) is 0.249. The summed E-state index contributed by atoms with van der Waals surface area (Å²) < 4.78 is 10.4. The monoisotopic (exact) mass is 320 g/mol. The van der Waals surface area contributed by atoms with Crippen molar-refractivity contribution < 1.29 is 19.1 Å². The van der Waals surface area contributed by atoms with Crippen LogP contribution in [-0.2, 0) is 0 Å². The number of thiophene rings is 1. The Morgan fingerprint density at radius 1 is 1.05 bits per heavy atom. The first-order valence-corrected chi connectivity index (χ1v) is 7.31. The highest BCUT2D eigenvalue weighted by Crippen LogP contribution is 2.29. The second-order valence-electron chi connectivity index (χ2n) is 4.39. The molecule has 2 aromatic rings. The molecule has 0 aliphatic rings. The van der Waals surface area contributed by atoms with Crippen molar-refractivity contribution in [2.24, 2.45) is 0 Å². The van der Waals surface area contributed by atoms with E-state index < -0.39 is 5.91 Å². The summed E-state index contributed by atoms with van der Waals surface area (Å²) >= 11 is 1.29. The molecule has 0 saturated heterocycles. The van der Waals surface area contributed by atoms with Crippen LogP contribution in [-0.4, -0.2) is 26.0 Å². The zero-order valence-electron chi connectivity index (χ0n) is 12.4. The molecule has 22 heavy (non-hydrogen) atoms. The van der Waals surface area contributed by atoms with E-state index in [-0.39, 0.29) is 5.91 Å². The van der Waals surface area contributed by atoms with Crippen molar-refractivity contribution in [3.63, 3.8) is 0 Å². The Balaban J connectivity index is 2.11. The SMILES string of the molecule is COc1cc(C(=O)NNC(=O)c2cccs2)cc(OC)c1C. The van der Waals surface area contributed by atoms with Gasteiger partial charge in [-0.15, -0.1) is 11.3 Å². The average molecular weight is 320 g/mol. The number of hydrazine groups is 1. The Kier molecular flexibility index (Phi) is 5.00. The first-order chi connectivity index (χ1) is 10.6. The number of carbonyl (C=O) groups is 2. The Morgan fingerprint density at radius 3 is 2.14 bits per heavy atom. The number of methoxy groups -OCH3 is 2. The third-order valence-corrected chi connectivity index (χ3v) is 3.92. The first-order valence-electron chi connectivity index (χ1n) is 6.43. The highest BCUT2D eigenvalue weighted by Gasteiger charge is 2.14. The van der Waals surface area contributed by atoms with Gasteiger partial charge in [0, 0.05) is 11.1 Å². The second-order valence-corrected chi connectivity index (χ2v) is 5.34. The number of hydrogen-bond acceptors (Lipinski definition) is 5. The molecule has 116 valence electrons. The van der Waals surface area contributed by atoms with Crippen molar-refractivity contribution in [1.29, 1.82) is 0 Å². The highest BCUT2D eigenvalue weighted by atomic mass is 32.1. The number of hydrogen-bond donors (Lipinski definition) is 2. The van der Waals surface area contributed by atoms with Gasteiger partial charge in [0.2, 0.25) is 0 Å². The highest BCUT2D eigenvalue weighted by molar-refractivity contribution is 7.12. The van der Waals surface area contributed by atoms with Crippen LogP contribution < -0.4 is 20.3 Å². The fourth-order valence-corrected chi connectivity index (χ4v) is 2.49. The molecule has 2 N–H and O–H groups in total. The van der Waals surface area contributed by atoms with E-state index >= 15 is 0 Å². The number of carbonyl (C=O) groups excluding carboxylic acids is 2. The minimum absolute atomic E-state index is 0.325. The molecule has 0 saturated carbocycles. The van der Waals surface area contributed by atoms with Crippen LogP contribution in [0.2, 0.25) is 0 Å². The summed E-state index contributed by atoms with van der Waals surface area (Å²) in [5, 5.41) is 1.78. The lowest BCUT2D eigenvalue weighted by molar-refractivity contribution is 0.0848. The molecule has 0 radical (unpaired) electrons. The van der Waals surface area contributed by atoms with Gasteiger partial charge in [0.15, 0.2) is 0 Å². The van der Waals surface area contributed by atoms with Crippen LogP contribution in [0.15, 0.2) is 29.6 Å². The van der Waals surface area contributed by atoms with Gasteiger partial charge in [-0.3, -0.25) is 20.4 Å². The molecule has 1 heterocycles. The standard InChI is InChI=1S/C15H16N2O4S/c1-9-11(20-2)7-10(8-12(9)21-3)14(18)16-17-15(19)13-5-4-6-22-13/h4-8H,1-3H3,(H,16,18)(H,17,19). The number of benzene rings is 1. The topological polar surface area (TPSA) is 76.7 Å².